The van der Waals surface area contributed by atoms with E-state index in [2.05, 4.69) is 6.42 Å². The van der Waals surface area contributed by atoms with Gasteiger partial charge < -0.3 is 5.11 Å². The minimum atomic E-state index is -0.0944. The summed E-state index contributed by atoms with van der Waals surface area (Å²) in [6.45, 7) is 1.89. The molecule has 1 nitrogen and oxygen atoms in total. The van der Waals surface area contributed by atoms with Crippen molar-refractivity contribution in [2.75, 3.05) is 0 Å². The third kappa shape index (κ3) is 2.70. The van der Waals surface area contributed by atoms with Crippen molar-refractivity contribution in [3.8, 4) is 0 Å². The molecule has 1 saturated carbocycles. The maximum atomic E-state index is 9.09. The average Bonchev–Trinajstić information content (AvgIpc) is 1.88. The van der Waals surface area contributed by atoms with Gasteiger partial charge in [0.2, 0.25) is 0 Å². The molecule has 0 saturated heterocycles. The van der Waals surface area contributed by atoms with Gasteiger partial charge in [-0.25, -0.2) is 0 Å². The van der Waals surface area contributed by atoms with Gasteiger partial charge in [0.15, 0.2) is 0 Å². The van der Waals surface area contributed by atoms with E-state index in [9.17, 15) is 0 Å². The van der Waals surface area contributed by atoms with Crippen LogP contribution in [0.15, 0.2) is 0 Å². The molecule has 0 bridgehead atoms. The molecular weight excluding hydrogens is 124 g/mol. The summed E-state index contributed by atoms with van der Waals surface area (Å²) in [7, 11) is 0. The lowest BCUT2D eigenvalue weighted by Crippen LogP contribution is -2.13. The van der Waals surface area contributed by atoms with Gasteiger partial charge in [0.25, 0.3) is 0 Å². The quantitative estimate of drug-likeness (QED) is 0.624. The smallest absolute Gasteiger partial charge is 0.0514 e. The molecule has 1 aliphatic rings. The molecule has 0 aromatic heterocycles. The second kappa shape index (κ2) is 3.97. The molecule has 1 fully saturated rings. The van der Waals surface area contributed by atoms with Crippen LogP contribution in [-0.2, 0) is 0 Å². The normalized spacial score (nSPS) is 24.6. The van der Waals surface area contributed by atoms with E-state index < -0.39 is 0 Å². The molecule has 1 heteroatoms. The molecule has 1 aliphatic carbocycles. The lowest BCUT2D eigenvalue weighted by atomic mass is 9.86. The molecule has 0 heterocycles. The number of hydrogen-bond acceptors (Lipinski definition) is 1. The molecule has 59 valence electrons. The first-order valence-corrected chi connectivity index (χ1v) is 4.29. The molecule has 1 radical (unpaired) electrons. The first kappa shape index (κ1) is 8.06. The minimum absolute atomic E-state index is 0.0944. The van der Waals surface area contributed by atoms with Crippen molar-refractivity contribution < 1.29 is 5.11 Å². The molecule has 1 rings (SSSR count). The van der Waals surface area contributed by atoms with E-state index in [1.54, 1.807) is 0 Å². The van der Waals surface area contributed by atoms with Crippen LogP contribution in [0.25, 0.3) is 0 Å². The van der Waals surface area contributed by atoms with Crippen LogP contribution in [0.4, 0.5) is 0 Å². The summed E-state index contributed by atoms with van der Waals surface area (Å²) in [5.74, 6) is 0.796. The van der Waals surface area contributed by atoms with Gasteiger partial charge in [0, 0.05) is 0 Å². The fourth-order valence-corrected chi connectivity index (χ4v) is 1.71. The third-order valence-electron chi connectivity index (χ3n) is 2.23. The number of aliphatic hydroxyl groups is 1. The minimum Gasteiger partial charge on any atom is -0.393 e. The van der Waals surface area contributed by atoms with Crippen molar-refractivity contribution in [1.29, 1.82) is 0 Å². The molecule has 1 N–H and O–H groups in total. The number of rotatable bonds is 2. The van der Waals surface area contributed by atoms with Gasteiger partial charge in [-0.2, -0.15) is 0 Å². The van der Waals surface area contributed by atoms with E-state index in [-0.39, 0.29) is 6.10 Å². The van der Waals surface area contributed by atoms with E-state index >= 15 is 0 Å². The highest BCUT2D eigenvalue weighted by atomic mass is 16.3. The van der Waals surface area contributed by atoms with Gasteiger partial charge in [-0.3, -0.25) is 0 Å². The highest BCUT2D eigenvalue weighted by molar-refractivity contribution is 4.77. The fourth-order valence-electron chi connectivity index (χ4n) is 1.71. The highest BCUT2D eigenvalue weighted by Gasteiger charge is 2.14. The average molecular weight is 141 g/mol. The molecule has 1 unspecified atom stereocenters. The molecule has 10 heavy (non-hydrogen) atoms. The van der Waals surface area contributed by atoms with Crippen LogP contribution in [-0.4, -0.2) is 11.2 Å². The van der Waals surface area contributed by atoms with E-state index in [0.29, 0.717) is 0 Å². The second-order valence-electron chi connectivity index (χ2n) is 3.39. The molecule has 0 aromatic carbocycles. The Bertz CT molecular complexity index is 82.7. The molecule has 0 spiro atoms. The van der Waals surface area contributed by atoms with Gasteiger partial charge in [0.05, 0.1) is 6.10 Å². The maximum Gasteiger partial charge on any atom is 0.0514 e. The Balaban J connectivity index is 2.13. The second-order valence-corrected chi connectivity index (χ2v) is 3.39. The Morgan fingerprint density at radius 1 is 1.50 bits per heavy atom. The zero-order valence-electron chi connectivity index (χ0n) is 6.71. The standard InChI is InChI=1S/C9H17O/c1-8(10)7-9-5-3-2-4-6-9/h2,8-10H,3-7H2,1H3. The summed E-state index contributed by atoms with van der Waals surface area (Å²) in [4.78, 5) is 0. The van der Waals surface area contributed by atoms with Crippen LogP contribution in [0.5, 0.6) is 0 Å². The maximum absolute atomic E-state index is 9.09. The van der Waals surface area contributed by atoms with Gasteiger partial charge in [-0.1, -0.05) is 12.8 Å². The van der Waals surface area contributed by atoms with Gasteiger partial charge >= 0.3 is 0 Å². The largest absolute Gasteiger partial charge is 0.393 e. The lowest BCUT2D eigenvalue weighted by molar-refractivity contribution is 0.151. The van der Waals surface area contributed by atoms with Gasteiger partial charge in [-0.05, 0) is 38.5 Å². The van der Waals surface area contributed by atoms with Crippen molar-refractivity contribution in [2.24, 2.45) is 5.92 Å². The summed E-state index contributed by atoms with van der Waals surface area (Å²) >= 11 is 0. The van der Waals surface area contributed by atoms with Crippen LogP contribution in [0, 0.1) is 12.3 Å². The first-order chi connectivity index (χ1) is 4.79. The Hall–Kier alpha value is -0.0400. The first-order valence-electron chi connectivity index (χ1n) is 4.29. The van der Waals surface area contributed by atoms with E-state index in [4.69, 9.17) is 5.11 Å². The predicted octanol–water partition coefficient (Wildman–Crippen LogP) is 2.15. The van der Waals surface area contributed by atoms with Crippen molar-refractivity contribution in [3.63, 3.8) is 0 Å². The molecule has 0 amide bonds. The number of hydrogen-bond donors (Lipinski definition) is 1. The van der Waals surface area contributed by atoms with Gasteiger partial charge in [0.1, 0.15) is 0 Å². The van der Waals surface area contributed by atoms with Crippen LogP contribution < -0.4 is 0 Å². The summed E-state index contributed by atoms with van der Waals surface area (Å²) in [5.41, 5.74) is 0. The van der Waals surface area contributed by atoms with Crippen molar-refractivity contribution in [3.05, 3.63) is 6.42 Å². The summed E-state index contributed by atoms with van der Waals surface area (Å²) in [5, 5.41) is 9.09. The predicted molar refractivity (Wildman–Crippen MR) is 42.6 cm³/mol. The molecule has 0 aliphatic heterocycles. The molecule has 0 aromatic rings. The van der Waals surface area contributed by atoms with E-state index in [1.807, 2.05) is 6.92 Å². The van der Waals surface area contributed by atoms with Crippen LogP contribution >= 0.6 is 0 Å². The Labute approximate surface area is 63.4 Å². The Morgan fingerprint density at radius 3 is 2.60 bits per heavy atom. The summed E-state index contributed by atoms with van der Waals surface area (Å²) in [6.07, 6.45) is 8.39. The van der Waals surface area contributed by atoms with Crippen molar-refractivity contribution in [2.45, 2.75) is 45.1 Å². The van der Waals surface area contributed by atoms with E-state index in [0.717, 1.165) is 12.3 Å². The zero-order valence-corrected chi connectivity index (χ0v) is 6.71. The van der Waals surface area contributed by atoms with E-state index in [1.165, 1.54) is 25.7 Å². The van der Waals surface area contributed by atoms with Crippen LogP contribution in [0.2, 0.25) is 0 Å². The summed E-state index contributed by atoms with van der Waals surface area (Å²) < 4.78 is 0. The fraction of sp³-hybridized carbons (Fsp3) is 0.889. The van der Waals surface area contributed by atoms with Crippen LogP contribution in [0.3, 0.4) is 0 Å². The Kier molecular flexibility index (Phi) is 3.20. The van der Waals surface area contributed by atoms with Crippen molar-refractivity contribution >= 4 is 0 Å². The third-order valence-corrected chi connectivity index (χ3v) is 2.23. The number of aliphatic hydroxyl groups excluding tert-OH is 1. The van der Waals surface area contributed by atoms with Crippen LogP contribution in [0.1, 0.15) is 39.0 Å². The molecule has 1 atom stereocenters. The SMILES string of the molecule is CC(O)CC1CC[CH]CC1. The topological polar surface area (TPSA) is 20.2 Å². The monoisotopic (exact) mass is 141 g/mol. The van der Waals surface area contributed by atoms with Crippen molar-refractivity contribution in [1.82, 2.24) is 0 Å². The summed E-state index contributed by atoms with van der Waals surface area (Å²) in [6, 6.07) is 0. The highest BCUT2D eigenvalue weighted by Crippen LogP contribution is 2.26. The zero-order chi connectivity index (χ0) is 7.40. The van der Waals surface area contributed by atoms with Gasteiger partial charge in [-0.15, -0.1) is 0 Å². The molecular formula is C9H17O. The Morgan fingerprint density at radius 2 is 2.10 bits per heavy atom. The lowest BCUT2D eigenvalue weighted by Gasteiger charge is -2.22.